The number of hydrogen-bond donors (Lipinski definition) is 2. The molecule has 0 spiro atoms. The molecule has 2 aromatic heterocycles. The Kier molecular flexibility index (Phi) is 4.40. The number of nitrogens with zero attached hydrogens (tertiary/aromatic N) is 4. The van der Waals surface area contributed by atoms with Crippen molar-refractivity contribution in [2.75, 3.05) is 6.61 Å². The molecule has 2 aromatic rings. The number of hydrogen-bond acceptors (Lipinski definition) is 5. The van der Waals surface area contributed by atoms with Gasteiger partial charge in [-0.25, -0.2) is 20.1 Å². The molecule has 0 fully saturated rings. The first kappa shape index (κ1) is 15.5. The third-order valence-corrected chi connectivity index (χ3v) is 2.83. The second-order valence-corrected chi connectivity index (χ2v) is 5.33. The second kappa shape index (κ2) is 6.25. The molecule has 0 aliphatic rings. The van der Waals surface area contributed by atoms with Crippen LogP contribution in [0.2, 0.25) is 0 Å². The van der Waals surface area contributed by atoms with E-state index in [-0.39, 0.29) is 12.3 Å². The Hall–Kier alpha value is -2.90. The topological polar surface area (TPSA) is 99.2 Å². The largest absolute Gasteiger partial charge is 0.474 e. The van der Waals surface area contributed by atoms with Gasteiger partial charge in [-0.1, -0.05) is 6.08 Å². The van der Waals surface area contributed by atoms with Crippen LogP contribution in [0.5, 0.6) is 5.88 Å². The van der Waals surface area contributed by atoms with Gasteiger partial charge in [0.1, 0.15) is 18.6 Å². The van der Waals surface area contributed by atoms with E-state index in [9.17, 15) is 5.11 Å². The molecular formula is C15H15N5O2. The maximum atomic E-state index is 9.76. The van der Waals surface area contributed by atoms with Gasteiger partial charge in [0.15, 0.2) is 0 Å². The van der Waals surface area contributed by atoms with Crippen LogP contribution in [0.3, 0.4) is 0 Å². The first-order valence-corrected chi connectivity index (χ1v) is 6.58. The summed E-state index contributed by atoms with van der Waals surface area (Å²) < 4.78 is 5.57. The molecule has 0 saturated carbocycles. The molecule has 0 radical (unpaired) electrons. The van der Waals surface area contributed by atoms with E-state index in [1.165, 1.54) is 6.33 Å². The summed E-state index contributed by atoms with van der Waals surface area (Å²) in [6, 6.07) is 1.82. The maximum Gasteiger partial charge on any atom is 0.258 e. The SMILES string of the molecule is [C-]#[N+]/C(C#N)=C\Cc1c[nH]c2ncnc(OCC(C)(C)O)c12. The molecule has 22 heavy (non-hydrogen) atoms. The minimum atomic E-state index is -0.980. The maximum absolute atomic E-state index is 9.76. The Labute approximate surface area is 127 Å². The lowest BCUT2D eigenvalue weighted by molar-refractivity contribution is 0.0274. The third-order valence-electron chi connectivity index (χ3n) is 2.83. The van der Waals surface area contributed by atoms with E-state index in [0.717, 1.165) is 5.56 Å². The third kappa shape index (κ3) is 3.60. The average molecular weight is 297 g/mol. The predicted octanol–water partition coefficient (Wildman–Crippen LogP) is 1.98. The fraction of sp³-hybridized carbons (Fsp3) is 0.333. The lowest BCUT2D eigenvalue weighted by Crippen LogP contribution is -2.28. The van der Waals surface area contributed by atoms with Gasteiger partial charge < -0.3 is 14.8 Å². The van der Waals surface area contributed by atoms with Gasteiger partial charge in [-0.05, 0) is 25.8 Å². The molecular weight excluding hydrogens is 282 g/mol. The molecule has 7 heteroatoms. The van der Waals surface area contributed by atoms with Crippen molar-refractivity contribution in [1.82, 2.24) is 15.0 Å². The fourth-order valence-electron chi connectivity index (χ4n) is 1.83. The summed E-state index contributed by atoms with van der Waals surface area (Å²) in [6.45, 7) is 10.2. The highest BCUT2D eigenvalue weighted by Crippen LogP contribution is 2.26. The number of ether oxygens (including phenoxy) is 1. The molecule has 0 aliphatic heterocycles. The Morgan fingerprint density at radius 2 is 2.36 bits per heavy atom. The van der Waals surface area contributed by atoms with E-state index < -0.39 is 5.60 Å². The van der Waals surface area contributed by atoms with E-state index in [4.69, 9.17) is 16.6 Å². The molecule has 0 bridgehead atoms. The van der Waals surface area contributed by atoms with Crippen molar-refractivity contribution in [1.29, 1.82) is 5.26 Å². The number of rotatable bonds is 5. The highest BCUT2D eigenvalue weighted by Gasteiger charge is 2.17. The lowest BCUT2D eigenvalue weighted by Gasteiger charge is -2.17. The van der Waals surface area contributed by atoms with Crippen LogP contribution in [-0.2, 0) is 6.42 Å². The lowest BCUT2D eigenvalue weighted by atomic mass is 10.1. The Bertz CT molecular complexity index is 771. The summed E-state index contributed by atoms with van der Waals surface area (Å²) >= 11 is 0. The van der Waals surface area contributed by atoms with Crippen LogP contribution in [-0.4, -0.2) is 32.3 Å². The van der Waals surface area contributed by atoms with Gasteiger partial charge in [0.05, 0.1) is 23.6 Å². The minimum Gasteiger partial charge on any atom is -0.474 e. The number of aliphatic hydroxyl groups is 1. The second-order valence-electron chi connectivity index (χ2n) is 5.33. The zero-order valence-electron chi connectivity index (χ0n) is 12.3. The number of aromatic nitrogens is 3. The van der Waals surface area contributed by atoms with Crippen LogP contribution in [0, 0.1) is 17.9 Å². The Balaban J connectivity index is 2.35. The highest BCUT2D eigenvalue weighted by molar-refractivity contribution is 5.84. The number of nitriles is 1. The van der Waals surface area contributed by atoms with Crippen LogP contribution < -0.4 is 4.74 Å². The standard InChI is InChI=1S/C15H15N5O2/c1-15(2,21)8-22-14-12-10(4-5-11(6-16)17-3)7-18-13(12)19-9-20-14/h5,7,9,21H,4,8H2,1-2H3,(H,18,19,20)/b11-5-. The summed E-state index contributed by atoms with van der Waals surface area (Å²) in [5, 5.41) is 19.2. The molecule has 2 N–H and O–H groups in total. The number of fused-ring (bicyclic) bond motifs is 1. The quantitative estimate of drug-likeness (QED) is 0.649. The van der Waals surface area contributed by atoms with Crippen molar-refractivity contribution in [3.05, 3.63) is 41.3 Å². The molecule has 0 saturated heterocycles. The molecule has 0 aromatic carbocycles. The zero-order valence-corrected chi connectivity index (χ0v) is 12.3. The average Bonchev–Trinajstić information content (AvgIpc) is 2.89. The smallest absolute Gasteiger partial charge is 0.258 e. The van der Waals surface area contributed by atoms with Crippen molar-refractivity contribution in [3.8, 4) is 11.9 Å². The van der Waals surface area contributed by atoms with Gasteiger partial charge in [-0.3, -0.25) is 0 Å². The zero-order chi connectivity index (χ0) is 16.2. The van der Waals surface area contributed by atoms with Gasteiger partial charge in [0.25, 0.3) is 5.70 Å². The van der Waals surface area contributed by atoms with Crippen LogP contribution in [0.25, 0.3) is 15.9 Å². The molecule has 7 nitrogen and oxygen atoms in total. The first-order valence-electron chi connectivity index (χ1n) is 6.58. The van der Waals surface area contributed by atoms with Crippen LogP contribution >= 0.6 is 0 Å². The van der Waals surface area contributed by atoms with E-state index in [2.05, 4.69) is 19.8 Å². The number of nitrogens with one attached hydrogen (secondary N) is 1. The van der Waals surface area contributed by atoms with Crippen molar-refractivity contribution < 1.29 is 9.84 Å². The first-order chi connectivity index (χ1) is 10.4. The predicted molar refractivity (Wildman–Crippen MR) is 79.7 cm³/mol. The van der Waals surface area contributed by atoms with E-state index in [1.54, 1.807) is 26.1 Å². The van der Waals surface area contributed by atoms with Crippen molar-refractivity contribution >= 4 is 11.0 Å². The van der Waals surface area contributed by atoms with Crippen molar-refractivity contribution in [2.45, 2.75) is 25.9 Å². The summed E-state index contributed by atoms with van der Waals surface area (Å²) in [4.78, 5) is 14.3. The number of allylic oxidation sites excluding steroid dienone is 2. The Morgan fingerprint density at radius 1 is 1.59 bits per heavy atom. The minimum absolute atomic E-state index is 0.0326. The van der Waals surface area contributed by atoms with Gasteiger partial charge in [0, 0.05) is 6.20 Å². The molecule has 0 unspecified atom stereocenters. The van der Waals surface area contributed by atoms with Crippen LogP contribution in [0.1, 0.15) is 19.4 Å². The van der Waals surface area contributed by atoms with Crippen molar-refractivity contribution in [3.63, 3.8) is 0 Å². The van der Waals surface area contributed by atoms with Gasteiger partial charge >= 0.3 is 0 Å². The van der Waals surface area contributed by atoms with Crippen LogP contribution in [0.15, 0.2) is 24.3 Å². The van der Waals surface area contributed by atoms with Gasteiger partial charge in [-0.15, -0.1) is 0 Å². The summed E-state index contributed by atoms with van der Waals surface area (Å²) in [7, 11) is 0. The molecule has 0 atom stereocenters. The van der Waals surface area contributed by atoms with E-state index in [1.807, 2.05) is 6.07 Å². The highest BCUT2D eigenvalue weighted by atomic mass is 16.5. The summed E-state index contributed by atoms with van der Waals surface area (Å²) in [6.07, 6.45) is 5.05. The normalized spacial score (nSPS) is 12.0. The van der Waals surface area contributed by atoms with E-state index >= 15 is 0 Å². The van der Waals surface area contributed by atoms with Gasteiger partial charge in [0.2, 0.25) is 5.88 Å². The van der Waals surface area contributed by atoms with Gasteiger partial charge in [-0.2, -0.15) is 0 Å². The van der Waals surface area contributed by atoms with Crippen LogP contribution in [0.4, 0.5) is 0 Å². The number of aromatic amines is 1. The van der Waals surface area contributed by atoms with E-state index in [0.29, 0.717) is 23.3 Å². The summed E-state index contributed by atoms with van der Waals surface area (Å²) in [5.41, 5.74) is 0.472. The van der Waals surface area contributed by atoms with Crippen molar-refractivity contribution in [2.24, 2.45) is 0 Å². The molecule has 112 valence electrons. The molecule has 2 heterocycles. The monoisotopic (exact) mass is 297 g/mol. The summed E-state index contributed by atoms with van der Waals surface area (Å²) in [5.74, 6) is 0.359. The molecule has 2 rings (SSSR count). The Morgan fingerprint density at radius 3 is 3.00 bits per heavy atom. The fourth-order valence-corrected chi connectivity index (χ4v) is 1.83. The number of H-pyrrole nitrogens is 1. The molecule has 0 aliphatic carbocycles. The molecule has 0 amide bonds.